The van der Waals surface area contributed by atoms with Crippen LogP contribution in [0.2, 0.25) is 0 Å². The molecule has 0 aliphatic rings. The van der Waals surface area contributed by atoms with Crippen molar-refractivity contribution in [3.8, 4) is 5.69 Å². The molecule has 1 aromatic carbocycles. The van der Waals surface area contributed by atoms with Gasteiger partial charge in [-0.3, -0.25) is 9.48 Å². The molecule has 5 heteroatoms. The van der Waals surface area contributed by atoms with Gasteiger partial charge in [0.05, 0.1) is 17.6 Å². The van der Waals surface area contributed by atoms with Crippen molar-refractivity contribution in [1.29, 1.82) is 0 Å². The largest absolute Gasteiger partial charge is 0.280 e. The molecule has 0 aliphatic carbocycles. The molecule has 0 amide bonds. The third-order valence-corrected chi connectivity index (χ3v) is 3.57. The van der Waals surface area contributed by atoms with E-state index in [2.05, 4.69) is 20.9 Å². The van der Waals surface area contributed by atoms with Crippen molar-refractivity contribution in [1.82, 2.24) is 14.3 Å². The number of nitrogens with zero attached hydrogens (tertiary/aromatic N) is 3. The SMILES string of the molecule is Cc1ccc2c(=O)n(-c3ccccc3)n(CCBr)c2n1. The fourth-order valence-corrected chi connectivity index (χ4v) is 2.67. The molecule has 0 unspecified atom stereocenters. The number of halogens is 1. The van der Waals surface area contributed by atoms with Crippen LogP contribution in [0, 0.1) is 6.92 Å². The van der Waals surface area contributed by atoms with Gasteiger partial charge in [-0.25, -0.2) is 9.67 Å². The number of para-hydroxylation sites is 1. The van der Waals surface area contributed by atoms with E-state index >= 15 is 0 Å². The van der Waals surface area contributed by atoms with E-state index in [9.17, 15) is 4.79 Å². The third kappa shape index (κ3) is 2.08. The van der Waals surface area contributed by atoms with Crippen molar-refractivity contribution in [3.63, 3.8) is 0 Å². The number of pyridine rings is 1. The van der Waals surface area contributed by atoms with E-state index in [0.717, 1.165) is 22.4 Å². The average molecular weight is 332 g/mol. The number of fused-ring (bicyclic) bond motifs is 1. The second-order valence-electron chi connectivity index (χ2n) is 4.59. The van der Waals surface area contributed by atoms with Gasteiger partial charge in [0.2, 0.25) is 0 Å². The van der Waals surface area contributed by atoms with E-state index in [1.54, 1.807) is 4.68 Å². The molecule has 0 saturated heterocycles. The highest BCUT2D eigenvalue weighted by Gasteiger charge is 2.15. The molecule has 4 nitrogen and oxygen atoms in total. The van der Waals surface area contributed by atoms with Crippen LogP contribution in [0.4, 0.5) is 0 Å². The molecule has 0 fully saturated rings. The van der Waals surface area contributed by atoms with Crippen molar-refractivity contribution < 1.29 is 0 Å². The highest BCUT2D eigenvalue weighted by atomic mass is 79.9. The van der Waals surface area contributed by atoms with E-state index in [1.165, 1.54) is 0 Å². The van der Waals surface area contributed by atoms with Gasteiger partial charge in [0, 0.05) is 11.0 Å². The highest BCUT2D eigenvalue weighted by molar-refractivity contribution is 9.09. The molecule has 2 heterocycles. The Bertz CT molecular complexity index is 805. The number of aromatic nitrogens is 3. The molecule has 0 atom stereocenters. The Labute approximate surface area is 124 Å². The summed E-state index contributed by atoms with van der Waals surface area (Å²) in [5.74, 6) is 0. The number of hydrogen-bond acceptors (Lipinski definition) is 2. The molecule has 3 rings (SSSR count). The van der Waals surface area contributed by atoms with Crippen molar-refractivity contribution in [3.05, 3.63) is 58.5 Å². The van der Waals surface area contributed by atoms with E-state index in [1.807, 2.05) is 54.1 Å². The fourth-order valence-electron chi connectivity index (χ4n) is 2.34. The van der Waals surface area contributed by atoms with E-state index < -0.39 is 0 Å². The third-order valence-electron chi connectivity index (χ3n) is 3.22. The van der Waals surface area contributed by atoms with Crippen molar-refractivity contribution in [2.24, 2.45) is 0 Å². The monoisotopic (exact) mass is 331 g/mol. The minimum atomic E-state index is -0.0281. The molecule has 102 valence electrons. The van der Waals surface area contributed by atoms with Gasteiger partial charge in [-0.15, -0.1) is 0 Å². The van der Waals surface area contributed by atoms with Gasteiger partial charge in [0.1, 0.15) is 0 Å². The maximum Gasteiger partial charge on any atom is 0.280 e. The summed E-state index contributed by atoms with van der Waals surface area (Å²) in [6, 6.07) is 13.4. The van der Waals surface area contributed by atoms with Crippen LogP contribution in [-0.4, -0.2) is 19.7 Å². The molecule has 20 heavy (non-hydrogen) atoms. The maximum absolute atomic E-state index is 12.6. The van der Waals surface area contributed by atoms with Gasteiger partial charge < -0.3 is 0 Å². The van der Waals surface area contributed by atoms with Crippen molar-refractivity contribution in [2.75, 3.05) is 5.33 Å². The Balaban J connectivity index is 2.38. The fraction of sp³-hybridized carbons (Fsp3) is 0.200. The summed E-state index contributed by atoms with van der Waals surface area (Å²) in [7, 11) is 0. The minimum absolute atomic E-state index is 0.0281. The van der Waals surface area contributed by atoms with Crippen LogP contribution in [0.3, 0.4) is 0 Å². The zero-order chi connectivity index (χ0) is 14.1. The Kier molecular flexibility index (Phi) is 3.44. The average Bonchev–Trinajstić information content (AvgIpc) is 2.73. The van der Waals surface area contributed by atoms with Gasteiger partial charge in [-0.2, -0.15) is 0 Å². The van der Waals surface area contributed by atoms with Gasteiger partial charge in [0.15, 0.2) is 5.65 Å². The zero-order valence-corrected chi connectivity index (χ0v) is 12.7. The number of hydrogen-bond donors (Lipinski definition) is 0. The Morgan fingerprint density at radius 1 is 1.15 bits per heavy atom. The number of aryl methyl sites for hydroxylation is 2. The van der Waals surface area contributed by atoms with Crippen LogP contribution < -0.4 is 5.56 Å². The van der Waals surface area contributed by atoms with Crippen LogP contribution in [-0.2, 0) is 6.54 Å². The summed E-state index contributed by atoms with van der Waals surface area (Å²) < 4.78 is 3.62. The molecule has 0 radical (unpaired) electrons. The van der Waals surface area contributed by atoms with Crippen LogP contribution >= 0.6 is 15.9 Å². The molecule has 2 aromatic heterocycles. The summed E-state index contributed by atoms with van der Waals surface area (Å²) >= 11 is 3.44. The minimum Gasteiger partial charge on any atom is -0.267 e. The standard InChI is InChI=1S/C15H14BrN3O/c1-11-7-8-13-14(17-11)18(10-9-16)19(15(13)20)12-5-3-2-4-6-12/h2-8H,9-10H2,1H3. The molecule has 0 bridgehead atoms. The van der Waals surface area contributed by atoms with Gasteiger partial charge >= 0.3 is 0 Å². The smallest absolute Gasteiger partial charge is 0.267 e. The molecule has 0 saturated carbocycles. The summed E-state index contributed by atoms with van der Waals surface area (Å²) in [4.78, 5) is 17.1. The predicted octanol–water partition coefficient (Wildman–Crippen LogP) is 2.89. The Hall–Kier alpha value is -1.88. The van der Waals surface area contributed by atoms with Gasteiger partial charge in [-0.1, -0.05) is 34.1 Å². The van der Waals surface area contributed by atoms with E-state index in [-0.39, 0.29) is 5.56 Å². The quantitative estimate of drug-likeness (QED) is 0.692. The van der Waals surface area contributed by atoms with Crippen LogP contribution in [0.25, 0.3) is 16.7 Å². The molecule has 0 aliphatic heterocycles. The number of benzene rings is 1. The lowest BCUT2D eigenvalue weighted by atomic mass is 10.3. The van der Waals surface area contributed by atoms with E-state index in [0.29, 0.717) is 11.9 Å². The van der Waals surface area contributed by atoms with Gasteiger partial charge in [-0.05, 0) is 31.2 Å². The van der Waals surface area contributed by atoms with E-state index in [4.69, 9.17) is 0 Å². The second-order valence-corrected chi connectivity index (χ2v) is 5.38. The van der Waals surface area contributed by atoms with Crippen LogP contribution in [0.5, 0.6) is 0 Å². The first-order valence-corrected chi connectivity index (χ1v) is 7.55. The lowest BCUT2D eigenvalue weighted by molar-refractivity contribution is 0.594. The van der Waals surface area contributed by atoms with Crippen LogP contribution in [0.15, 0.2) is 47.3 Å². The Morgan fingerprint density at radius 2 is 1.90 bits per heavy atom. The normalized spacial score (nSPS) is 11.1. The summed E-state index contributed by atoms with van der Waals surface area (Å²) in [5.41, 5.74) is 2.47. The predicted molar refractivity (Wildman–Crippen MR) is 83.9 cm³/mol. The van der Waals surface area contributed by atoms with Gasteiger partial charge in [0.25, 0.3) is 5.56 Å². The second kappa shape index (κ2) is 5.25. The highest BCUT2D eigenvalue weighted by Crippen LogP contribution is 2.14. The lowest BCUT2D eigenvalue weighted by Gasteiger charge is -2.10. The van der Waals surface area contributed by atoms with Crippen molar-refractivity contribution in [2.45, 2.75) is 13.5 Å². The first kappa shape index (κ1) is 13.1. The summed E-state index contributed by atoms with van der Waals surface area (Å²) in [6.45, 7) is 2.62. The first-order chi connectivity index (χ1) is 9.72. The Morgan fingerprint density at radius 3 is 2.60 bits per heavy atom. The maximum atomic E-state index is 12.6. The van der Waals surface area contributed by atoms with Crippen molar-refractivity contribution >= 4 is 27.0 Å². The lowest BCUT2D eigenvalue weighted by Crippen LogP contribution is -2.21. The first-order valence-electron chi connectivity index (χ1n) is 6.43. The summed E-state index contributed by atoms with van der Waals surface area (Å²) in [5, 5.41) is 1.42. The molecule has 0 spiro atoms. The number of alkyl halides is 1. The summed E-state index contributed by atoms with van der Waals surface area (Å²) in [6.07, 6.45) is 0. The molecular weight excluding hydrogens is 318 g/mol. The van der Waals surface area contributed by atoms with Crippen LogP contribution in [0.1, 0.15) is 5.69 Å². The molecular formula is C15H14BrN3O. The topological polar surface area (TPSA) is 39.8 Å². The zero-order valence-electron chi connectivity index (χ0n) is 11.1. The molecule has 0 N–H and O–H groups in total. The molecule has 3 aromatic rings. The number of rotatable bonds is 3.